The normalized spacial score (nSPS) is 21.9. The van der Waals surface area contributed by atoms with Crippen molar-refractivity contribution in [1.29, 1.82) is 0 Å². The molecule has 0 saturated heterocycles. The standard InChI is InChI=1S/C15H19IN2O3/c1-10-5-3-4-6-14(10)17(2)15(19)12-9-11(18(20)21)7-8-13(12)16/h7-10,14H,3-6H2,1-2H3. The molecular weight excluding hydrogens is 383 g/mol. The second-order valence-electron chi connectivity index (χ2n) is 5.67. The molecule has 1 amide bonds. The van der Waals surface area contributed by atoms with Crippen molar-refractivity contribution < 1.29 is 9.72 Å². The molecule has 0 aromatic heterocycles. The molecule has 0 heterocycles. The molecule has 114 valence electrons. The van der Waals surface area contributed by atoms with E-state index in [1.54, 1.807) is 11.0 Å². The van der Waals surface area contributed by atoms with Crippen molar-refractivity contribution in [2.75, 3.05) is 7.05 Å². The van der Waals surface area contributed by atoms with Crippen LogP contribution >= 0.6 is 22.6 Å². The summed E-state index contributed by atoms with van der Waals surface area (Å²) < 4.78 is 0.749. The highest BCUT2D eigenvalue weighted by molar-refractivity contribution is 14.1. The number of hydrogen-bond donors (Lipinski definition) is 0. The Morgan fingerprint density at radius 2 is 2.05 bits per heavy atom. The molecule has 1 aliphatic rings. The number of hydrogen-bond acceptors (Lipinski definition) is 3. The van der Waals surface area contributed by atoms with Gasteiger partial charge in [-0.15, -0.1) is 0 Å². The SMILES string of the molecule is CC1CCCCC1N(C)C(=O)c1cc([N+](=O)[O-])ccc1I. The number of nitrogens with zero attached hydrogens (tertiary/aromatic N) is 2. The van der Waals surface area contributed by atoms with Crippen LogP contribution < -0.4 is 0 Å². The first-order chi connectivity index (χ1) is 9.91. The minimum Gasteiger partial charge on any atom is -0.338 e. The van der Waals surface area contributed by atoms with E-state index in [1.165, 1.54) is 18.6 Å². The van der Waals surface area contributed by atoms with Crippen LogP contribution in [0.1, 0.15) is 43.0 Å². The lowest BCUT2D eigenvalue weighted by atomic mass is 9.85. The molecule has 1 aromatic rings. The van der Waals surface area contributed by atoms with Gasteiger partial charge in [0.2, 0.25) is 0 Å². The molecular formula is C15H19IN2O3. The first kappa shape index (κ1) is 16.2. The molecule has 0 aliphatic heterocycles. The summed E-state index contributed by atoms with van der Waals surface area (Å²) in [4.78, 5) is 24.9. The Morgan fingerprint density at radius 1 is 1.38 bits per heavy atom. The molecule has 0 bridgehead atoms. The van der Waals surface area contributed by atoms with Crippen molar-refractivity contribution >= 4 is 34.2 Å². The Balaban J connectivity index is 2.26. The van der Waals surface area contributed by atoms with Gasteiger partial charge in [0, 0.05) is 28.8 Å². The van der Waals surface area contributed by atoms with Crippen LogP contribution in [0.25, 0.3) is 0 Å². The number of rotatable bonds is 3. The highest BCUT2D eigenvalue weighted by Gasteiger charge is 2.29. The van der Waals surface area contributed by atoms with E-state index in [2.05, 4.69) is 29.5 Å². The lowest BCUT2D eigenvalue weighted by Crippen LogP contribution is -2.42. The van der Waals surface area contributed by atoms with Crippen LogP contribution in [0.5, 0.6) is 0 Å². The molecule has 0 radical (unpaired) electrons. The fourth-order valence-electron chi connectivity index (χ4n) is 3.00. The number of carbonyl (C=O) groups is 1. The van der Waals surface area contributed by atoms with Crippen LogP contribution in [-0.4, -0.2) is 28.8 Å². The molecule has 5 nitrogen and oxygen atoms in total. The van der Waals surface area contributed by atoms with Crippen LogP contribution in [0.3, 0.4) is 0 Å². The maximum Gasteiger partial charge on any atom is 0.270 e. The number of amides is 1. The third-order valence-corrected chi connectivity index (χ3v) is 5.22. The van der Waals surface area contributed by atoms with Gasteiger partial charge in [-0.25, -0.2) is 0 Å². The summed E-state index contributed by atoms with van der Waals surface area (Å²) in [6.07, 6.45) is 4.50. The summed E-state index contributed by atoms with van der Waals surface area (Å²) >= 11 is 2.06. The van der Waals surface area contributed by atoms with E-state index in [9.17, 15) is 14.9 Å². The van der Waals surface area contributed by atoms with Gasteiger partial charge in [-0.05, 0) is 47.4 Å². The van der Waals surface area contributed by atoms with Crippen molar-refractivity contribution in [3.8, 4) is 0 Å². The first-order valence-corrected chi connectivity index (χ1v) is 8.20. The summed E-state index contributed by atoms with van der Waals surface area (Å²) in [5, 5.41) is 10.9. The minimum absolute atomic E-state index is 0.0381. The van der Waals surface area contributed by atoms with E-state index < -0.39 is 4.92 Å². The van der Waals surface area contributed by atoms with Gasteiger partial charge >= 0.3 is 0 Å². The highest BCUT2D eigenvalue weighted by atomic mass is 127. The van der Waals surface area contributed by atoms with E-state index in [0.29, 0.717) is 11.5 Å². The van der Waals surface area contributed by atoms with Crippen LogP contribution in [0.2, 0.25) is 0 Å². The summed E-state index contributed by atoms with van der Waals surface area (Å²) in [6.45, 7) is 2.17. The summed E-state index contributed by atoms with van der Waals surface area (Å²) in [7, 11) is 1.81. The summed E-state index contributed by atoms with van der Waals surface area (Å²) in [6, 6.07) is 4.67. The molecule has 21 heavy (non-hydrogen) atoms. The van der Waals surface area contributed by atoms with Crippen molar-refractivity contribution in [3.05, 3.63) is 37.4 Å². The molecule has 2 rings (SSSR count). The zero-order valence-corrected chi connectivity index (χ0v) is 14.4. The zero-order chi connectivity index (χ0) is 15.6. The molecule has 6 heteroatoms. The van der Waals surface area contributed by atoms with Gasteiger partial charge in [0.1, 0.15) is 0 Å². The molecule has 1 fully saturated rings. The number of nitro groups is 1. The number of nitro benzene ring substituents is 1. The van der Waals surface area contributed by atoms with Gasteiger partial charge in [-0.2, -0.15) is 0 Å². The maximum atomic E-state index is 12.7. The minimum atomic E-state index is -0.462. The fourth-order valence-corrected chi connectivity index (χ4v) is 3.57. The smallest absolute Gasteiger partial charge is 0.270 e. The molecule has 0 spiro atoms. The second-order valence-corrected chi connectivity index (χ2v) is 6.83. The fraction of sp³-hybridized carbons (Fsp3) is 0.533. The van der Waals surface area contributed by atoms with E-state index in [1.807, 2.05) is 7.05 Å². The van der Waals surface area contributed by atoms with Crippen molar-refractivity contribution in [2.45, 2.75) is 38.6 Å². The number of non-ortho nitro benzene ring substituents is 1. The van der Waals surface area contributed by atoms with E-state index in [4.69, 9.17) is 0 Å². The Kier molecular flexibility index (Phi) is 5.18. The van der Waals surface area contributed by atoms with Gasteiger partial charge in [0.15, 0.2) is 0 Å². The van der Waals surface area contributed by atoms with Crippen molar-refractivity contribution in [3.63, 3.8) is 0 Å². The number of benzene rings is 1. The molecule has 1 aromatic carbocycles. The topological polar surface area (TPSA) is 63.5 Å². The second kappa shape index (κ2) is 6.72. The molecule has 1 aliphatic carbocycles. The predicted molar refractivity (Wildman–Crippen MR) is 89.3 cm³/mol. The molecule has 2 atom stereocenters. The quantitative estimate of drug-likeness (QED) is 0.438. The van der Waals surface area contributed by atoms with Crippen molar-refractivity contribution in [2.24, 2.45) is 5.92 Å². The van der Waals surface area contributed by atoms with E-state index >= 15 is 0 Å². The van der Waals surface area contributed by atoms with E-state index in [0.717, 1.165) is 22.8 Å². The average Bonchev–Trinajstić information content (AvgIpc) is 2.46. The van der Waals surface area contributed by atoms with Crippen LogP contribution in [0.4, 0.5) is 5.69 Å². The van der Waals surface area contributed by atoms with Gasteiger partial charge in [0.05, 0.1) is 10.5 Å². The Bertz CT molecular complexity index is 562. The predicted octanol–water partition coefficient (Wildman–Crippen LogP) is 3.85. The third kappa shape index (κ3) is 3.53. The zero-order valence-electron chi connectivity index (χ0n) is 12.2. The summed E-state index contributed by atoms with van der Waals surface area (Å²) in [5.41, 5.74) is 0.383. The lowest BCUT2D eigenvalue weighted by Gasteiger charge is -2.36. The Labute approximate surface area is 138 Å². The Morgan fingerprint density at radius 3 is 2.67 bits per heavy atom. The van der Waals surface area contributed by atoms with Gasteiger partial charge in [0.25, 0.3) is 11.6 Å². The number of halogens is 1. The average molecular weight is 402 g/mol. The third-order valence-electron chi connectivity index (χ3n) is 4.28. The van der Waals surface area contributed by atoms with Gasteiger partial charge in [-0.3, -0.25) is 14.9 Å². The van der Waals surface area contributed by atoms with E-state index in [-0.39, 0.29) is 17.6 Å². The first-order valence-electron chi connectivity index (χ1n) is 7.13. The summed E-state index contributed by atoms with van der Waals surface area (Å²) in [5.74, 6) is 0.353. The van der Waals surface area contributed by atoms with Gasteiger partial charge in [-0.1, -0.05) is 19.8 Å². The molecule has 2 unspecified atom stereocenters. The van der Waals surface area contributed by atoms with Crippen LogP contribution in [-0.2, 0) is 0 Å². The lowest BCUT2D eigenvalue weighted by molar-refractivity contribution is -0.384. The van der Waals surface area contributed by atoms with Gasteiger partial charge < -0.3 is 4.90 Å². The van der Waals surface area contributed by atoms with Crippen molar-refractivity contribution in [1.82, 2.24) is 4.90 Å². The largest absolute Gasteiger partial charge is 0.338 e. The molecule has 0 N–H and O–H groups in total. The molecule has 1 saturated carbocycles. The van der Waals surface area contributed by atoms with Crippen LogP contribution in [0, 0.1) is 19.6 Å². The highest BCUT2D eigenvalue weighted by Crippen LogP contribution is 2.29. The van der Waals surface area contributed by atoms with Crippen LogP contribution in [0.15, 0.2) is 18.2 Å². The Hall–Kier alpha value is -1.18. The monoisotopic (exact) mass is 402 g/mol. The maximum absolute atomic E-state index is 12.7. The number of carbonyl (C=O) groups excluding carboxylic acids is 1.